The Morgan fingerprint density at radius 1 is 1.14 bits per heavy atom. The average Bonchev–Trinajstić information content (AvgIpc) is 2.03. The van der Waals surface area contributed by atoms with Gasteiger partial charge in [-0.05, 0) is 30.3 Å². The van der Waals surface area contributed by atoms with Crippen LogP contribution in [0, 0.1) is 11.3 Å². The minimum absolute atomic E-state index is 0.350. The van der Waals surface area contributed by atoms with E-state index in [0.717, 1.165) is 18.9 Å². The molecule has 0 fully saturated rings. The predicted molar refractivity (Wildman–Crippen MR) is 67.8 cm³/mol. The molecule has 0 N–H and O–H groups in total. The minimum atomic E-state index is 0.350. The predicted octanol–water partition coefficient (Wildman–Crippen LogP) is 3.73. The lowest BCUT2D eigenvalue weighted by molar-refractivity contribution is 0.0389. The van der Waals surface area contributed by atoms with E-state index < -0.39 is 0 Å². The molecule has 0 bridgehead atoms. The van der Waals surface area contributed by atoms with Crippen LogP contribution in [0.4, 0.5) is 0 Å². The van der Waals surface area contributed by atoms with Crippen LogP contribution >= 0.6 is 9.24 Å². The van der Waals surface area contributed by atoms with Gasteiger partial charge in [-0.25, -0.2) is 0 Å². The molecule has 0 aliphatic rings. The average molecular weight is 218 g/mol. The van der Waals surface area contributed by atoms with Crippen molar-refractivity contribution in [3.05, 3.63) is 0 Å². The van der Waals surface area contributed by atoms with E-state index in [1.54, 1.807) is 0 Å². The van der Waals surface area contributed by atoms with E-state index in [4.69, 9.17) is 4.74 Å². The van der Waals surface area contributed by atoms with E-state index in [9.17, 15) is 0 Å². The normalized spacial score (nSPS) is 17.1. The first kappa shape index (κ1) is 14.4. The summed E-state index contributed by atoms with van der Waals surface area (Å²) in [4.78, 5) is 0. The molecule has 86 valence electrons. The van der Waals surface area contributed by atoms with Gasteiger partial charge in [-0.15, -0.1) is 9.24 Å². The molecule has 0 aliphatic heterocycles. The molecule has 0 amide bonds. The molecule has 0 aromatic heterocycles. The standard InChI is InChI=1S/C12H27OP/c1-9(2)12(5,6)7-8-13-10(3)11(4)14/h9-11H,7-8,14H2,1-6H3. The maximum absolute atomic E-state index is 5.77. The van der Waals surface area contributed by atoms with Gasteiger partial charge in [-0.3, -0.25) is 0 Å². The second-order valence-electron chi connectivity index (χ2n) is 5.33. The van der Waals surface area contributed by atoms with Gasteiger partial charge in [0.05, 0.1) is 6.10 Å². The first-order valence-corrected chi connectivity index (χ1v) is 6.31. The van der Waals surface area contributed by atoms with Gasteiger partial charge in [-0.2, -0.15) is 0 Å². The first-order valence-electron chi connectivity index (χ1n) is 5.64. The van der Waals surface area contributed by atoms with Crippen LogP contribution in [-0.2, 0) is 4.74 Å². The number of rotatable bonds is 6. The van der Waals surface area contributed by atoms with Crippen molar-refractivity contribution in [1.82, 2.24) is 0 Å². The molecule has 0 aliphatic carbocycles. The van der Waals surface area contributed by atoms with Gasteiger partial charge in [0, 0.05) is 6.61 Å². The van der Waals surface area contributed by atoms with E-state index in [1.807, 2.05) is 0 Å². The van der Waals surface area contributed by atoms with Crippen LogP contribution in [0.2, 0.25) is 0 Å². The molecule has 0 radical (unpaired) electrons. The van der Waals surface area contributed by atoms with Crippen molar-refractivity contribution < 1.29 is 4.74 Å². The lowest BCUT2D eigenvalue weighted by Gasteiger charge is -2.30. The Labute approximate surface area is 92.2 Å². The molecular weight excluding hydrogens is 191 g/mol. The van der Waals surface area contributed by atoms with Crippen LogP contribution < -0.4 is 0 Å². The summed E-state index contributed by atoms with van der Waals surface area (Å²) in [6, 6.07) is 0. The summed E-state index contributed by atoms with van der Waals surface area (Å²) in [5, 5.41) is 0. The Morgan fingerprint density at radius 3 is 2.00 bits per heavy atom. The molecule has 2 heteroatoms. The molecule has 0 saturated heterocycles. The van der Waals surface area contributed by atoms with Gasteiger partial charge in [-0.1, -0.05) is 34.6 Å². The molecule has 3 unspecified atom stereocenters. The third kappa shape index (κ3) is 5.32. The summed E-state index contributed by atoms with van der Waals surface area (Å²) in [5.41, 5.74) is 0.932. The summed E-state index contributed by atoms with van der Waals surface area (Å²) in [7, 11) is 2.79. The van der Waals surface area contributed by atoms with Gasteiger partial charge >= 0.3 is 0 Å². The van der Waals surface area contributed by atoms with E-state index in [-0.39, 0.29) is 0 Å². The zero-order valence-corrected chi connectivity index (χ0v) is 11.8. The van der Waals surface area contributed by atoms with Crippen LogP contribution in [0.15, 0.2) is 0 Å². The maximum Gasteiger partial charge on any atom is 0.0606 e. The second kappa shape index (κ2) is 6.08. The maximum atomic E-state index is 5.77. The van der Waals surface area contributed by atoms with E-state index in [1.165, 1.54) is 0 Å². The molecule has 0 heterocycles. The fourth-order valence-electron chi connectivity index (χ4n) is 0.948. The van der Waals surface area contributed by atoms with Crippen LogP contribution in [0.1, 0.15) is 48.0 Å². The quantitative estimate of drug-likeness (QED) is 0.617. The molecule has 14 heavy (non-hydrogen) atoms. The third-order valence-electron chi connectivity index (χ3n) is 3.43. The summed E-state index contributed by atoms with van der Waals surface area (Å²) < 4.78 is 5.77. The number of hydrogen-bond acceptors (Lipinski definition) is 1. The van der Waals surface area contributed by atoms with Crippen molar-refractivity contribution >= 4 is 9.24 Å². The van der Waals surface area contributed by atoms with Gasteiger partial charge < -0.3 is 4.74 Å². The van der Waals surface area contributed by atoms with Gasteiger partial charge in [0.2, 0.25) is 0 Å². The van der Waals surface area contributed by atoms with Gasteiger partial charge in [0.25, 0.3) is 0 Å². The number of hydrogen-bond donors (Lipinski definition) is 0. The number of ether oxygens (including phenoxy) is 1. The lowest BCUT2D eigenvalue weighted by Crippen LogP contribution is -2.24. The highest BCUT2D eigenvalue weighted by molar-refractivity contribution is 7.17. The first-order chi connectivity index (χ1) is 6.27. The van der Waals surface area contributed by atoms with Crippen molar-refractivity contribution in [2.24, 2.45) is 11.3 Å². The SMILES string of the molecule is CC(P)C(C)OCCC(C)(C)C(C)C. The van der Waals surface area contributed by atoms with Gasteiger partial charge in [0.15, 0.2) is 0 Å². The summed E-state index contributed by atoms with van der Waals surface area (Å²) in [6.07, 6.45) is 1.50. The van der Waals surface area contributed by atoms with Crippen LogP contribution in [0.5, 0.6) is 0 Å². The lowest BCUT2D eigenvalue weighted by atomic mass is 9.79. The van der Waals surface area contributed by atoms with Crippen molar-refractivity contribution in [2.45, 2.75) is 59.7 Å². The molecule has 0 aromatic rings. The highest BCUT2D eigenvalue weighted by Gasteiger charge is 2.22. The molecule has 3 atom stereocenters. The molecular formula is C12H27OP. The topological polar surface area (TPSA) is 9.23 Å². The molecule has 1 nitrogen and oxygen atoms in total. The monoisotopic (exact) mass is 218 g/mol. The Morgan fingerprint density at radius 2 is 1.64 bits per heavy atom. The molecule has 0 saturated carbocycles. The second-order valence-corrected chi connectivity index (χ2v) is 6.38. The zero-order valence-electron chi connectivity index (χ0n) is 10.6. The molecule has 0 spiro atoms. The van der Waals surface area contributed by atoms with Crippen LogP contribution in [0.3, 0.4) is 0 Å². The summed E-state index contributed by atoms with van der Waals surface area (Å²) in [6.45, 7) is 14.4. The Hall–Kier alpha value is 0.390. The highest BCUT2D eigenvalue weighted by Crippen LogP contribution is 2.30. The van der Waals surface area contributed by atoms with Gasteiger partial charge in [0.1, 0.15) is 0 Å². The summed E-state index contributed by atoms with van der Waals surface area (Å²) in [5.74, 6) is 0.717. The van der Waals surface area contributed by atoms with E-state index in [0.29, 0.717) is 17.2 Å². The van der Waals surface area contributed by atoms with Crippen LogP contribution in [0.25, 0.3) is 0 Å². The Kier molecular flexibility index (Phi) is 6.25. The fourth-order valence-corrected chi connectivity index (χ4v) is 1.06. The smallest absolute Gasteiger partial charge is 0.0606 e. The molecule has 0 rings (SSSR count). The van der Waals surface area contributed by atoms with Crippen molar-refractivity contribution in [1.29, 1.82) is 0 Å². The minimum Gasteiger partial charge on any atom is -0.378 e. The Bertz CT molecular complexity index is 152. The highest BCUT2D eigenvalue weighted by atomic mass is 31.0. The zero-order chi connectivity index (χ0) is 11.4. The molecule has 0 aromatic carbocycles. The fraction of sp³-hybridized carbons (Fsp3) is 1.00. The van der Waals surface area contributed by atoms with Crippen molar-refractivity contribution in [2.75, 3.05) is 6.61 Å². The van der Waals surface area contributed by atoms with E-state index >= 15 is 0 Å². The van der Waals surface area contributed by atoms with Crippen LogP contribution in [-0.4, -0.2) is 18.4 Å². The Balaban J connectivity index is 3.74. The van der Waals surface area contributed by atoms with E-state index in [2.05, 4.69) is 50.8 Å². The van der Waals surface area contributed by atoms with Crippen molar-refractivity contribution in [3.8, 4) is 0 Å². The summed E-state index contributed by atoms with van der Waals surface area (Å²) >= 11 is 0. The van der Waals surface area contributed by atoms with Crippen molar-refractivity contribution in [3.63, 3.8) is 0 Å². The largest absolute Gasteiger partial charge is 0.378 e. The third-order valence-corrected chi connectivity index (χ3v) is 3.97.